The van der Waals surface area contributed by atoms with Crippen LogP contribution in [0.15, 0.2) is 12.7 Å². The maximum atomic E-state index is 12.2. The normalized spacial score (nSPS) is 29.9. The fraction of sp³-hybridized carbons (Fsp3) is 0.615. The predicted molar refractivity (Wildman–Crippen MR) is 75.1 cm³/mol. The summed E-state index contributed by atoms with van der Waals surface area (Å²) in [6.07, 6.45) is 2.79. The van der Waals surface area contributed by atoms with Crippen molar-refractivity contribution in [3.05, 3.63) is 12.7 Å². The second kappa shape index (κ2) is 5.47. The lowest BCUT2D eigenvalue weighted by Crippen LogP contribution is -2.53. The van der Waals surface area contributed by atoms with Crippen LogP contribution in [-0.4, -0.2) is 50.5 Å². The Morgan fingerprint density at radius 2 is 2.40 bits per heavy atom. The number of amides is 2. The van der Waals surface area contributed by atoms with E-state index >= 15 is 0 Å². The SMILES string of the molecule is C=CCC(NC(=O)C1CSC2(C)CCC(=O)N12)C(=O)O. The summed E-state index contributed by atoms with van der Waals surface area (Å²) in [4.78, 5) is 36.5. The number of thioether (sulfide) groups is 1. The molecule has 3 atom stereocenters. The molecule has 20 heavy (non-hydrogen) atoms. The molecule has 110 valence electrons. The van der Waals surface area contributed by atoms with E-state index in [9.17, 15) is 14.4 Å². The molecule has 0 aromatic carbocycles. The van der Waals surface area contributed by atoms with E-state index in [4.69, 9.17) is 5.11 Å². The highest BCUT2D eigenvalue weighted by Crippen LogP contribution is 2.47. The number of nitrogens with zero attached hydrogens (tertiary/aromatic N) is 1. The van der Waals surface area contributed by atoms with Crippen molar-refractivity contribution in [2.24, 2.45) is 0 Å². The van der Waals surface area contributed by atoms with Crippen molar-refractivity contribution < 1.29 is 19.5 Å². The highest BCUT2D eigenvalue weighted by Gasteiger charge is 2.53. The van der Waals surface area contributed by atoms with Gasteiger partial charge in [0.1, 0.15) is 12.1 Å². The van der Waals surface area contributed by atoms with Crippen LogP contribution in [0, 0.1) is 0 Å². The van der Waals surface area contributed by atoms with E-state index in [1.54, 1.807) is 16.7 Å². The minimum absolute atomic E-state index is 0.0340. The van der Waals surface area contributed by atoms with Crippen LogP contribution < -0.4 is 5.32 Å². The highest BCUT2D eigenvalue weighted by atomic mass is 32.2. The molecule has 2 aliphatic rings. The topological polar surface area (TPSA) is 86.7 Å². The number of rotatable bonds is 5. The van der Waals surface area contributed by atoms with Crippen LogP contribution in [0.5, 0.6) is 0 Å². The molecule has 2 heterocycles. The number of fused-ring (bicyclic) bond motifs is 1. The summed E-state index contributed by atoms with van der Waals surface area (Å²) in [7, 11) is 0. The maximum Gasteiger partial charge on any atom is 0.326 e. The molecule has 0 bridgehead atoms. The number of hydrogen-bond acceptors (Lipinski definition) is 4. The summed E-state index contributed by atoms with van der Waals surface area (Å²) >= 11 is 1.58. The van der Waals surface area contributed by atoms with Gasteiger partial charge in [-0.15, -0.1) is 18.3 Å². The van der Waals surface area contributed by atoms with Crippen molar-refractivity contribution in [1.29, 1.82) is 0 Å². The van der Waals surface area contributed by atoms with E-state index in [2.05, 4.69) is 11.9 Å². The lowest BCUT2D eigenvalue weighted by molar-refractivity contribution is -0.143. The summed E-state index contributed by atoms with van der Waals surface area (Å²) in [5.41, 5.74) is 0. The van der Waals surface area contributed by atoms with E-state index in [0.717, 1.165) is 6.42 Å². The Bertz CT molecular complexity index is 467. The zero-order chi connectivity index (χ0) is 14.9. The first-order valence-electron chi connectivity index (χ1n) is 6.49. The van der Waals surface area contributed by atoms with E-state index in [0.29, 0.717) is 12.2 Å². The second-order valence-electron chi connectivity index (χ2n) is 5.19. The summed E-state index contributed by atoms with van der Waals surface area (Å²) in [5.74, 6) is -1.02. The van der Waals surface area contributed by atoms with Crippen molar-refractivity contribution in [1.82, 2.24) is 10.2 Å². The minimum atomic E-state index is -1.10. The largest absolute Gasteiger partial charge is 0.480 e. The van der Waals surface area contributed by atoms with Crippen LogP contribution >= 0.6 is 11.8 Å². The number of carbonyl (C=O) groups excluding carboxylic acids is 2. The molecule has 7 heteroatoms. The Morgan fingerprint density at radius 1 is 1.70 bits per heavy atom. The standard InChI is InChI=1S/C13H18N2O4S/c1-3-4-8(12(18)19)14-11(17)9-7-20-13(2)6-5-10(16)15(9)13/h3,8-9H,1,4-7H2,2H3,(H,14,17)(H,18,19). The molecule has 2 rings (SSSR count). The number of hydrogen-bond donors (Lipinski definition) is 2. The molecule has 0 aliphatic carbocycles. The van der Waals surface area contributed by atoms with Gasteiger partial charge in [0.05, 0.1) is 4.87 Å². The average molecular weight is 298 g/mol. The second-order valence-corrected chi connectivity index (χ2v) is 6.69. The zero-order valence-corrected chi connectivity index (χ0v) is 12.1. The Labute approximate surface area is 121 Å². The maximum absolute atomic E-state index is 12.2. The molecule has 2 N–H and O–H groups in total. The Hall–Kier alpha value is -1.50. The first-order chi connectivity index (χ1) is 9.39. The number of carboxylic acids is 1. The summed E-state index contributed by atoms with van der Waals surface area (Å²) in [6.45, 7) is 5.43. The average Bonchev–Trinajstić information content (AvgIpc) is 2.86. The number of nitrogens with one attached hydrogen (secondary N) is 1. The van der Waals surface area contributed by atoms with Crippen molar-refractivity contribution >= 4 is 29.5 Å². The third-order valence-electron chi connectivity index (χ3n) is 3.76. The highest BCUT2D eigenvalue weighted by molar-refractivity contribution is 8.01. The van der Waals surface area contributed by atoms with Gasteiger partial charge >= 0.3 is 5.97 Å². The molecule has 0 spiro atoms. The molecular weight excluding hydrogens is 280 g/mol. The smallest absolute Gasteiger partial charge is 0.326 e. The van der Waals surface area contributed by atoms with Gasteiger partial charge in [-0.3, -0.25) is 9.59 Å². The van der Waals surface area contributed by atoms with Gasteiger partial charge in [-0.05, 0) is 19.8 Å². The molecule has 2 saturated heterocycles. The quantitative estimate of drug-likeness (QED) is 0.725. The molecular formula is C13H18N2O4S. The number of carboxylic acid groups (broad SMARTS) is 1. The van der Waals surface area contributed by atoms with Crippen molar-refractivity contribution in [3.8, 4) is 0 Å². The fourth-order valence-electron chi connectivity index (χ4n) is 2.67. The zero-order valence-electron chi connectivity index (χ0n) is 11.3. The van der Waals surface area contributed by atoms with Crippen LogP contribution in [0.25, 0.3) is 0 Å². The van der Waals surface area contributed by atoms with Crippen molar-refractivity contribution in [2.75, 3.05) is 5.75 Å². The van der Waals surface area contributed by atoms with Gasteiger partial charge in [0.15, 0.2) is 0 Å². The first kappa shape index (κ1) is 14.9. The fourth-order valence-corrected chi connectivity index (χ4v) is 4.10. The molecule has 0 saturated carbocycles. The third-order valence-corrected chi connectivity index (χ3v) is 5.27. The first-order valence-corrected chi connectivity index (χ1v) is 7.48. The molecule has 2 aliphatic heterocycles. The van der Waals surface area contributed by atoms with E-state index in [1.165, 1.54) is 6.08 Å². The molecule has 0 aromatic heterocycles. The van der Waals surface area contributed by atoms with Crippen LogP contribution in [0.1, 0.15) is 26.2 Å². The Morgan fingerprint density at radius 3 is 3.00 bits per heavy atom. The lowest BCUT2D eigenvalue weighted by atomic mass is 10.1. The van der Waals surface area contributed by atoms with Gasteiger partial charge in [0.2, 0.25) is 11.8 Å². The Balaban J connectivity index is 2.08. The van der Waals surface area contributed by atoms with Gasteiger partial charge in [-0.2, -0.15) is 0 Å². The molecule has 2 amide bonds. The number of carbonyl (C=O) groups is 3. The van der Waals surface area contributed by atoms with Crippen LogP contribution in [0.4, 0.5) is 0 Å². The third kappa shape index (κ3) is 2.54. The molecule has 3 unspecified atom stereocenters. The van der Waals surface area contributed by atoms with E-state index < -0.39 is 24.0 Å². The molecule has 0 radical (unpaired) electrons. The van der Waals surface area contributed by atoms with Gasteiger partial charge in [0, 0.05) is 12.2 Å². The van der Waals surface area contributed by atoms with Crippen molar-refractivity contribution in [2.45, 2.75) is 43.1 Å². The Kier molecular flexibility index (Phi) is 4.08. The van der Waals surface area contributed by atoms with Crippen LogP contribution in [-0.2, 0) is 14.4 Å². The van der Waals surface area contributed by atoms with Gasteiger partial charge in [-0.25, -0.2) is 4.79 Å². The summed E-state index contributed by atoms with van der Waals surface area (Å²) in [6, 6.07) is -1.57. The molecule has 2 fully saturated rings. The lowest BCUT2D eigenvalue weighted by Gasteiger charge is -2.30. The van der Waals surface area contributed by atoms with Gasteiger partial charge in [0.25, 0.3) is 0 Å². The summed E-state index contributed by atoms with van der Waals surface area (Å²) in [5, 5.41) is 11.5. The molecule has 0 aromatic rings. The van der Waals surface area contributed by atoms with Gasteiger partial charge in [-0.1, -0.05) is 6.08 Å². The van der Waals surface area contributed by atoms with E-state index in [1.807, 2.05) is 6.92 Å². The predicted octanol–water partition coefficient (Wildman–Crippen LogP) is 0.586. The van der Waals surface area contributed by atoms with Gasteiger partial charge < -0.3 is 15.3 Å². The van der Waals surface area contributed by atoms with Crippen LogP contribution in [0.2, 0.25) is 0 Å². The minimum Gasteiger partial charge on any atom is -0.480 e. The number of aliphatic carboxylic acids is 1. The van der Waals surface area contributed by atoms with Crippen LogP contribution in [0.3, 0.4) is 0 Å². The van der Waals surface area contributed by atoms with E-state index in [-0.39, 0.29) is 17.2 Å². The van der Waals surface area contributed by atoms with Crippen molar-refractivity contribution in [3.63, 3.8) is 0 Å². The molecule has 6 nitrogen and oxygen atoms in total. The monoisotopic (exact) mass is 298 g/mol. The summed E-state index contributed by atoms with van der Waals surface area (Å²) < 4.78 is 0.